The Bertz CT molecular complexity index is 783. The fraction of sp³-hybridized carbons (Fsp3) is 0.680. The van der Waals surface area contributed by atoms with Gasteiger partial charge in [-0.15, -0.1) is 0 Å². The third kappa shape index (κ3) is 4.65. The van der Waals surface area contributed by atoms with E-state index in [1.807, 2.05) is 12.1 Å². The van der Waals surface area contributed by atoms with Gasteiger partial charge in [0.05, 0.1) is 19.8 Å². The van der Waals surface area contributed by atoms with Crippen molar-refractivity contribution in [2.24, 2.45) is 23.2 Å². The number of benzene rings is 1. The van der Waals surface area contributed by atoms with Crippen LogP contribution in [0.2, 0.25) is 0 Å². The van der Waals surface area contributed by atoms with E-state index in [1.165, 1.54) is 24.8 Å². The Labute approximate surface area is 185 Å². The average Bonchev–Trinajstić information content (AvgIpc) is 2.76. The summed E-state index contributed by atoms with van der Waals surface area (Å²) in [6.07, 6.45) is 7.04. The second-order valence-corrected chi connectivity index (χ2v) is 10.3. The van der Waals surface area contributed by atoms with Crippen LogP contribution in [0.5, 0.6) is 0 Å². The van der Waals surface area contributed by atoms with Gasteiger partial charge in [0.1, 0.15) is 0 Å². The molecule has 0 aromatic heterocycles. The minimum absolute atomic E-state index is 0.0756. The van der Waals surface area contributed by atoms with Gasteiger partial charge < -0.3 is 15.4 Å². The molecule has 1 heterocycles. The highest BCUT2D eigenvalue weighted by atomic mass is 16.5. The summed E-state index contributed by atoms with van der Waals surface area (Å²) in [6, 6.07) is 8.27. The number of morpholine rings is 1. The molecule has 5 fully saturated rings. The maximum atomic E-state index is 13.0. The molecule has 5 aliphatic rings. The van der Waals surface area contributed by atoms with Crippen LogP contribution in [0.25, 0.3) is 0 Å². The summed E-state index contributed by atoms with van der Waals surface area (Å²) in [4.78, 5) is 27.9. The molecule has 0 unspecified atom stereocenters. The van der Waals surface area contributed by atoms with Crippen molar-refractivity contribution < 1.29 is 14.3 Å². The molecule has 2 N–H and O–H groups in total. The van der Waals surface area contributed by atoms with E-state index in [2.05, 4.69) is 27.7 Å². The lowest BCUT2D eigenvalue weighted by molar-refractivity contribution is -0.147. The number of ether oxygens (including phenoxy) is 1. The minimum Gasteiger partial charge on any atom is -0.379 e. The topological polar surface area (TPSA) is 70.7 Å². The number of rotatable bonds is 7. The van der Waals surface area contributed by atoms with Crippen LogP contribution in [0.1, 0.15) is 49.7 Å². The van der Waals surface area contributed by atoms with Crippen molar-refractivity contribution in [1.29, 1.82) is 0 Å². The molecular weight excluding hydrogens is 390 g/mol. The van der Waals surface area contributed by atoms with E-state index in [0.29, 0.717) is 6.54 Å². The second kappa shape index (κ2) is 8.91. The smallest absolute Gasteiger partial charge is 0.239 e. The largest absolute Gasteiger partial charge is 0.379 e. The van der Waals surface area contributed by atoms with Crippen molar-refractivity contribution in [2.45, 2.75) is 51.6 Å². The van der Waals surface area contributed by atoms with E-state index < -0.39 is 0 Å². The molecule has 6 heteroatoms. The summed E-state index contributed by atoms with van der Waals surface area (Å²) in [6.45, 7) is 4.88. The maximum Gasteiger partial charge on any atom is 0.239 e. The second-order valence-electron chi connectivity index (χ2n) is 10.3. The van der Waals surface area contributed by atoms with Gasteiger partial charge in [0.25, 0.3) is 0 Å². The third-order valence-electron chi connectivity index (χ3n) is 8.02. The van der Waals surface area contributed by atoms with Gasteiger partial charge in [-0.25, -0.2) is 0 Å². The summed E-state index contributed by atoms with van der Waals surface area (Å²) in [5, 5.41) is 5.99. The highest BCUT2D eigenvalue weighted by molar-refractivity contribution is 5.88. The lowest BCUT2D eigenvalue weighted by atomic mass is 9.49. The number of nitrogens with zero attached hydrogens (tertiary/aromatic N) is 1. The number of hydrogen-bond donors (Lipinski definition) is 2. The van der Waals surface area contributed by atoms with Gasteiger partial charge in [-0.05, 0) is 67.4 Å². The Balaban J connectivity index is 1.11. The molecule has 1 aromatic carbocycles. The lowest BCUT2D eigenvalue weighted by Gasteiger charge is -2.55. The molecule has 6 nitrogen and oxygen atoms in total. The van der Waals surface area contributed by atoms with E-state index in [4.69, 9.17) is 4.74 Å². The monoisotopic (exact) mass is 425 g/mol. The molecule has 0 radical (unpaired) electrons. The molecule has 4 aliphatic carbocycles. The summed E-state index contributed by atoms with van der Waals surface area (Å²) in [7, 11) is 0. The average molecular weight is 426 g/mol. The van der Waals surface area contributed by atoms with Gasteiger partial charge in [0, 0.05) is 31.6 Å². The molecule has 1 aromatic rings. The third-order valence-corrected chi connectivity index (χ3v) is 8.02. The van der Waals surface area contributed by atoms with Crippen molar-refractivity contribution in [3.8, 4) is 0 Å². The molecule has 31 heavy (non-hydrogen) atoms. The summed E-state index contributed by atoms with van der Waals surface area (Å²) >= 11 is 0. The lowest BCUT2D eigenvalue weighted by Crippen LogP contribution is -2.54. The first-order chi connectivity index (χ1) is 15.1. The Morgan fingerprint density at radius 3 is 2.19 bits per heavy atom. The van der Waals surface area contributed by atoms with Crippen molar-refractivity contribution in [3.05, 3.63) is 35.4 Å². The van der Waals surface area contributed by atoms with Gasteiger partial charge in [-0.1, -0.05) is 24.3 Å². The molecule has 168 valence electrons. The Morgan fingerprint density at radius 2 is 1.55 bits per heavy atom. The van der Waals surface area contributed by atoms with Crippen molar-refractivity contribution in [3.63, 3.8) is 0 Å². The Hall–Kier alpha value is -1.92. The number of nitrogens with one attached hydrogen (secondary N) is 2. The van der Waals surface area contributed by atoms with Crippen LogP contribution in [0, 0.1) is 23.2 Å². The predicted octanol–water partition coefficient (Wildman–Crippen LogP) is 2.47. The molecule has 4 bridgehead atoms. The SMILES string of the molecule is O=C(CNC(=O)C12CC3CC(CC(C3)C1)C2)NCc1ccccc1CN1CCOCC1. The fourth-order valence-corrected chi connectivity index (χ4v) is 6.88. The zero-order valence-electron chi connectivity index (χ0n) is 18.4. The normalized spacial score (nSPS) is 32.1. The minimum atomic E-state index is -0.195. The summed E-state index contributed by atoms with van der Waals surface area (Å²) < 4.78 is 5.44. The van der Waals surface area contributed by atoms with Crippen molar-refractivity contribution >= 4 is 11.8 Å². The van der Waals surface area contributed by atoms with Gasteiger partial charge >= 0.3 is 0 Å². The zero-order chi connectivity index (χ0) is 21.3. The number of carbonyl (C=O) groups excluding carboxylic acids is 2. The van der Waals surface area contributed by atoms with Gasteiger partial charge in [-0.3, -0.25) is 14.5 Å². The summed E-state index contributed by atoms with van der Waals surface area (Å²) in [5.41, 5.74) is 2.18. The van der Waals surface area contributed by atoms with Crippen molar-refractivity contribution in [1.82, 2.24) is 15.5 Å². The quantitative estimate of drug-likeness (QED) is 0.704. The van der Waals surface area contributed by atoms with Crippen LogP contribution >= 0.6 is 0 Å². The predicted molar refractivity (Wildman–Crippen MR) is 118 cm³/mol. The first kappa shape index (κ1) is 21.0. The molecule has 4 saturated carbocycles. The van der Waals surface area contributed by atoms with E-state index in [1.54, 1.807) is 0 Å². The number of hydrogen-bond acceptors (Lipinski definition) is 4. The van der Waals surface area contributed by atoms with Gasteiger partial charge in [0.2, 0.25) is 11.8 Å². The van der Waals surface area contributed by atoms with E-state index >= 15 is 0 Å². The van der Waals surface area contributed by atoms with Crippen LogP contribution in [0.15, 0.2) is 24.3 Å². The molecular formula is C25H35N3O3. The number of carbonyl (C=O) groups is 2. The van der Waals surface area contributed by atoms with Crippen LogP contribution in [-0.2, 0) is 27.4 Å². The van der Waals surface area contributed by atoms with Crippen LogP contribution in [0.4, 0.5) is 0 Å². The first-order valence-corrected chi connectivity index (χ1v) is 12.0. The van der Waals surface area contributed by atoms with Crippen molar-refractivity contribution in [2.75, 3.05) is 32.8 Å². The van der Waals surface area contributed by atoms with Crippen LogP contribution < -0.4 is 10.6 Å². The Morgan fingerprint density at radius 1 is 0.935 bits per heavy atom. The van der Waals surface area contributed by atoms with E-state index in [0.717, 1.165) is 75.4 Å². The molecule has 6 rings (SSSR count). The highest BCUT2D eigenvalue weighted by Crippen LogP contribution is 2.60. The summed E-state index contributed by atoms with van der Waals surface area (Å²) in [5.74, 6) is 2.20. The standard InChI is InChI=1S/C25H35N3O3/c29-23(16-27-24(30)25-12-18-9-19(13-25)11-20(10-18)14-25)26-15-21-3-1-2-4-22(21)17-28-5-7-31-8-6-28/h1-4,18-20H,5-17H2,(H,26,29)(H,27,30). The van der Waals surface area contributed by atoms with E-state index in [-0.39, 0.29) is 23.8 Å². The van der Waals surface area contributed by atoms with E-state index in [9.17, 15) is 9.59 Å². The molecule has 0 atom stereocenters. The highest BCUT2D eigenvalue weighted by Gasteiger charge is 2.54. The van der Waals surface area contributed by atoms with Gasteiger partial charge in [-0.2, -0.15) is 0 Å². The maximum absolute atomic E-state index is 13.0. The first-order valence-electron chi connectivity index (χ1n) is 12.0. The molecule has 1 saturated heterocycles. The molecule has 1 aliphatic heterocycles. The van der Waals surface area contributed by atoms with Gasteiger partial charge in [0.15, 0.2) is 0 Å². The zero-order valence-corrected chi connectivity index (χ0v) is 18.4. The number of amides is 2. The molecule has 2 amide bonds. The van der Waals surface area contributed by atoms with Crippen LogP contribution in [-0.4, -0.2) is 49.6 Å². The Kier molecular flexibility index (Phi) is 6.02. The fourth-order valence-electron chi connectivity index (χ4n) is 6.88. The molecule has 0 spiro atoms. The van der Waals surface area contributed by atoms with Crippen LogP contribution in [0.3, 0.4) is 0 Å².